The standard InChI is InChI=1S/C9H14O/c1-7-5-8(6-10-7)9(2,3)4/h6H,1,5H2,2-4H3. The van der Waals surface area contributed by atoms with Crippen LogP contribution in [0, 0.1) is 5.41 Å². The summed E-state index contributed by atoms with van der Waals surface area (Å²) in [7, 11) is 0. The lowest BCUT2D eigenvalue weighted by molar-refractivity contribution is 0.369. The van der Waals surface area contributed by atoms with Crippen LogP contribution in [0.5, 0.6) is 0 Å². The summed E-state index contributed by atoms with van der Waals surface area (Å²) in [5.41, 5.74) is 1.57. The van der Waals surface area contributed by atoms with Gasteiger partial charge in [-0.1, -0.05) is 27.4 Å². The molecule has 0 N–H and O–H groups in total. The predicted molar refractivity (Wildman–Crippen MR) is 42.4 cm³/mol. The molecule has 0 saturated heterocycles. The SMILES string of the molecule is C=C1CC(C(C)(C)C)=CO1. The van der Waals surface area contributed by atoms with Gasteiger partial charge in [-0.3, -0.25) is 0 Å². The molecule has 0 saturated carbocycles. The van der Waals surface area contributed by atoms with Crippen molar-refractivity contribution in [1.29, 1.82) is 0 Å². The van der Waals surface area contributed by atoms with Gasteiger partial charge in [-0.05, 0) is 11.0 Å². The van der Waals surface area contributed by atoms with Crippen molar-refractivity contribution in [3.63, 3.8) is 0 Å². The van der Waals surface area contributed by atoms with E-state index in [1.54, 1.807) is 0 Å². The molecule has 0 aromatic rings. The summed E-state index contributed by atoms with van der Waals surface area (Å²) < 4.78 is 5.14. The van der Waals surface area contributed by atoms with Crippen LogP contribution in [0.4, 0.5) is 0 Å². The molecule has 0 spiro atoms. The third-order valence-electron chi connectivity index (χ3n) is 1.72. The summed E-state index contributed by atoms with van der Waals surface area (Å²) in [4.78, 5) is 0. The Balaban J connectivity index is 2.69. The van der Waals surface area contributed by atoms with Gasteiger partial charge < -0.3 is 4.74 Å². The number of allylic oxidation sites excluding steroid dienone is 1. The third-order valence-corrected chi connectivity index (χ3v) is 1.72. The minimum atomic E-state index is 0.236. The minimum Gasteiger partial charge on any atom is -0.470 e. The van der Waals surface area contributed by atoms with Gasteiger partial charge in [-0.25, -0.2) is 0 Å². The van der Waals surface area contributed by atoms with Crippen molar-refractivity contribution in [2.24, 2.45) is 5.41 Å². The summed E-state index contributed by atoms with van der Waals surface area (Å²) in [6.07, 6.45) is 2.73. The van der Waals surface area contributed by atoms with Gasteiger partial charge in [0, 0.05) is 6.42 Å². The molecule has 0 amide bonds. The largest absolute Gasteiger partial charge is 0.470 e. The van der Waals surface area contributed by atoms with Gasteiger partial charge in [0.2, 0.25) is 0 Å². The highest BCUT2D eigenvalue weighted by atomic mass is 16.5. The van der Waals surface area contributed by atoms with E-state index in [-0.39, 0.29) is 5.41 Å². The molecule has 1 heteroatoms. The molecule has 0 atom stereocenters. The van der Waals surface area contributed by atoms with Crippen LogP contribution in [0.25, 0.3) is 0 Å². The van der Waals surface area contributed by atoms with Gasteiger partial charge >= 0.3 is 0 Å². The molecule has 0 bridgehead atoms. The Morgan fingerprint density at radius 2 is 2.10 bits per heavy atom. The van der Waals surface area contributed by atoms with Gasteiger partial charge in [0.05, 0.1) is 6.26 Å². The molecule has 1 aliphatic heterocycles. The second-order valence-corrected chi connectivity index (χ2v) is 3.73. The third kappa shape index (κ3) is 1.41. The van der Waals surface area contributed by atoms with Crippen molar-refractivity contribution in [1.82, 2.24) is 0 Å². The van der Waals surface area contributed by atoms with E-state index in [0.717, 1.165) is 12.2 Å². The summed E-state index contributed by atoms with van der Waals surface area (Å²) in [5.74, 6) is 0.866. The lowest BCUT2D eigenvalue weighted by atomic mass is 9.86. The zero-order valence-electron chi connectivity index (χ0n) is 6.90. The Morgan fingerprint density at radius 1 is 1.50 bits per heavy atom. The first-order valence-corrected chi connectivity index (χ1v) is 3.54. The minimum absolute atomic E-state index is 0.236. The second kappa shape index (κ2) is 2.15. The van der Waals surface area contributed by atoms with E-state index in [4.69, 9.17) is 4.74 Å². The highest BCUT2D eigenvalue weighted by Gasteiger charge is 2.22. The number of rotatable bonds is 0. The summed E-state index contributed by atoms with van der Waals surface area (Å²) in [6, 6.07) is 0. The summed E-state index contributed by atoms with van der Waals surface area (Å²) in [5, 5.41) is 0. The van der Waals surface area contributed by atoms with Crippen LogP contribution in [0.1, 0.15) is 27.2 Å². The van der Waals surface area contributed by atoms with E-state index in [0.29, 0.717) is 0 Å². The van der Waals surface area contributed by atoms with Crippen LogP contribution in [0.3, 0.4) is 0 Å². The Kier molecular flexibility index (Phi) is 1.59. The van der Waals surface area contributed by atoms with Gasteiger partial charge in [0.25, 0.3) is 0 Å². The fourth-order valence-electron chi connectivity index (χ4n) is 0.892. The number of ether oxygens (including phenoxy) is 1. The van der Waals surface area contributed by atoms with E-state index in [1.807, 2.05) is 6.26 Å². The summed E-state index contributed by atoms with van der Waals surface area (Å²) >= 11 is 0. The molecule has 10 heavy (non-hydrogen) atoms. The Bertz CT molecular complexity index is 181. The van der Waals surface area contributed by atoms with E-state index in [2.05, 4.69) is 27.4 Å². The molecular weight excluding hydrogens is 124 g/mol. The lowest BCUT2D eigenvalue weighted by Gasteiger charge is -2.17. The monoisotopic (exact) mass is 138 g/mol. The van der Waals surface area contributed by atoms with Crippen LogP contribution in [-0.2, 0) is 4.74 Å². The normalized spacial score (nSPS) is 18.7. The number of hydrogen-bond acceptors (Lipinski definition) is 1. The molecule has 1 aliphatic rings. The lowest BCUT2D eigenvalue weighted by Crippen LogP contribution is -2.06. The van der Waals surface area contributed by atoms with E-state index >= 15 is 0 Å². The molecule has 0 radical (unpaired) electrons. The zero-order chi connectivity index (χ0) is 7.78. The average Bonchev–Trinajstić information content (AvgIpc) is 2.11. The molecule has 0 fully saturated rings. The van der Waals surface area contributed by atoms with E-state index < -0.39 is 0 Å². The molecule has 0 aromatic heterocycles. The Morgan fingerprint density at radius 3 is 2.30 bits per heavy atom. The van der Waals surface area contributed by atoms with Gasteiger partial charge in [0.15, 0.2) is 0 Å². The van der Waals surface area contributed by atoms with Crippen LogP contribution in [-0.4, -0.2) is 0 Å². The predicted octanol–water partition coefficient (Wildman–Crippen LogP) is 2.85. The van der Waals surface area contributed by atoms with Crippen molar-refractivity contribution in [2.75, 3.05) is 0 Å². The van der Waals surface area contributed by atoms with Crippen molar-refractivity contribution in [3.05, 3.63) is 24.2 Å². The first-order valence-electron chi connectivity index (χ1n) is 3.54. The van der Waals surface area contributed by atoms with Crippen LogP contribution < -0.4 is 0 Å². The molecular formula is C9H14O. The molecule has 1 heterocycles. The van der Waals surface area contributed by atoms with Crippen molar-refractivity contribution >= 4 is 0 Å². The second-order valence-electron chi connectivity index (χ2n) is 3.73. The fraction of sp³-hybridized carbons (Fsp3) is 0.556. The van der Waals surface area contributed by atoms with Crippen molar-refractivity contribution in [3.8, 4) is 0 Å². The maximum Gasteiger partial charge on any atom is 0.100 e. The molecule has 56 valence electrons. The Labute approximate surface area is 62.4 Å². The van der Waals surface area contributed by atoms with Gasteiger partial charge in [0.1, 0.15) is 5.76 Å². The average molecular weight is 138 g/mol. The first kappa shape index (κ1) is 7.39. The van der Waals surface area contributed by atoms with Crippen LogP contribution >= 0.6 is 0 Å². The highest BCUT2D eigenvalue weighted by molar-refractivity contribution is 5.19. The molecule has 0 aromatic carbocycles. The maximum atomic E-state index is 5.14. The quantitative estimate of drug-likeness (QED) is 0.500. The smallest absolute Gasteiger partial charge is 0.100 e. The topological polar surface area (TPSA) is 9.23 Å². The van der Waals surface area contributed by atoms with E-state index in [9.17, 15) is 0 Å². The van der Waals surface area contributed by atoms with Crippen LogP contribution in [0.15, 0.2) is 24.2 Å². The number of hydrogen-bond donors (Lipinski definition) is 0. The van der Waals surface area contributed by atoms with Crippen LogP contribution in [0.2, 0.25) is 0 Å². The molecule has 1 rings (SSSR count). The molecule has 0 aliphatic carbocycles. The van der Waals surface area contributed by atoms with Crippen molar-refractivity contribution in [2.45, 2.75) is 27.2 Å². The van der Waals surface area contributed by atoms with Gasteiger partial charge in [-0.15, -0.1) is 0 Å². The molecule has 1 nitrogen and oxygen atoms in total. The zero-order valence-corrected chi connectivity index (χ0v) is 6.90. The van der Waals surface area contributed by atoms with Gasteiger partial charge in [-0.2, -0.15) is 0 Å². The summed E-state index contributed by atoms with van der Waals surface area (Å²) in [6.45, 7) is 10.3. The fourth-order valence-corrected chi connectivity index (χ4v) is 0.892. The Hall–Kier alpha value is -0.720. The van der Waals surface area contributed by atoms with Crippen molar-refractivity contribution < 1.29 is 4.74 Å². The highest BCUT2D eigenvalue weighted by Crippen LogP contribution is 2.34. The molecule has 0 unspecified atom stereocenters. The van der Waals surface area contributed by atoms with E-state index in [1.165, 1.54) is 5.57 Å². The first-order chi connectivity index (χ1) is 4.50. The maximum absolute atomic E-state index is 5.14.